The lowest BCUT2D eigenvalue weighted by Gasteiger charge is -2.38. The summed E-state index contributed by atoms with van der Waals surface area (Å²) in [5.74, 6) is -0.845. The van der Waals surface area contributed by atoms with Gasteiger partial charge in [0.2, 0.25) is 0 Å². The summed E-state index contributed by atoms with van der Waals surface area (Å²) in [4.78, 5) is 27.0. The van der Waals surface area contributed by atoms with Crippen LogP contribution in [0.25, 0.3) is 0 Å². The Morgan fingerprint density at radius 3 is 2.77 bits per heavy atom. The van der Waals surface area contributed by atoms with Crippen LogP contribution in [0.2, 0.25) is 0 Å². The lowest BCUT2D eigenvalue weighted by atomic mass is 9.96. The summed E-state index contributed by atoms with van der Waals surface area (Å²) in [6, 6.07) is 0. The molecular formula is C18H25IN3O6PS2. The van der Waals surface area contributed by atoms with Crippen molar-refractivity contribution in [1.82, 2.24) is 14.7 Å². The van der Waals surface area contributed by atoms with Gasteiger partial charge in [0.25, 0.3) is 5.91 Å². The van der Waals surface area contributed by atoms with Gasteiger partial charge in [0.1, 0.15) is 5.69 Å². The molecule has 1 amide bonds. The standard InChI is InChI=1S/C18H25IN3O6PS2/c1-3-27-17(24)14-13-4-7-22(16(23)15(13)21(2)20-14)10-18(5-6-18)31(25,26)12-8-11(9-12)28-30-29-19/h11-12,29H,3-10H2,1-2H3/i29T. The molecule has 13 heteroatoms. The Bertz CT molecular complexity index is 1030. The van der Waals surface area contributed by atoms with Crippen molar-refractivity contribution in [3.8, 4) is 0 Å². The molecule has 1 aliphatic heterocycles. The molecular weight excluding hydrogens is 576 g/mol. The lowest BCUT2D eigenvalue weighted by Crippen LogP contribution is -2.51. The number of hydrogen-bond donors (Lipinski definition) is 0. The average molecular weight is 603 g/mol. The van der Waals surface area contributed by atoms with Gasteiger partial charge >= 0.3 is 5.97 Å². The van der Waals surface area contributed by atoms with E-state index in [4.69, 9.17) is 10.2 Å². The molecule has 3 aliphatic rings. The Hall–Kier alpha value is -0.430. The Balaban J connectivity index is 1.44. The second-order valence-electron chi connectivity index (χ2n) is 8.18. The van der Waals surface area contributed by atoms with Crippen LogP contribution >= 0.6 is 39.1 Å². The molecule has 172 valence electrons. The molecule has 0 saturated heterocycles. The second-order valence-corrected chi connectivity index (χ2v) is 15.7. The molecule has 2 saturated carbocycles. The minimum absolute atomic E-state index is 0.129. The van der Waals surface area contributed by atoms with Crippen LogP contribution in [0.3, 0.4) is 0 Å². The second kappa shape index (κ2) is 9.08. The van der Waals surface area contributed by atoms with E-state index in [0.717, 1.165) is 11.7 Å². The fourth-order valence-corrected chi connectivity index (χ4v) is 8.64. The number of aryl methyl sites for hydroxylation is 1. The summed E-state index contributed by atoms with van der Waals surface area (Å²) in [6.07, 6.45) is 2.29. The molecule has 1 aromatic heterocycles. The predicted molar refractivity (Wildman–Crippen MR) is 127 cm³/mol. The third-order valence-corrected chi connectivity index (χ3v) is 11.6. The van der Waals surface area contributed by atoms with Crippen LogP contribution in [0.1, 0.15) is 59.1 Å². The van der Waals surface area contributed by atoms with Gasteiger partial charge in [-0.15, -0.1) is 0 Å². The number of halogens is 1. The average Bonchev–Trinajstić information content (AvgIpc) is 3.40. The van der Waals surface area contributed by atoms with Gasteiger partial charge in [-0.2, -0.15) is 5.10 Å². The first-order valence-electron chi connectivity index (χ1n) is 10.6. The number of carbonyl (C=O) groups is 2. The number of ether oxygens (including phenoxy) is 1. The highest BCUT2D eigenvalue weighted by Gasteiger charge is 2.60. The number of rotatable bonds is 9. The number of amides is 1. The van der Waals surface area contributed by atoms with Crippen molar-refractivity contribution < 1.29 is 26.9 Å². The van der Waals surface area contributed by atoms with Crippen LogP contribution in [0, 0.1) is 0 Å². The quantitative estimate of drug-likeness (QED) is 0.184. The largest absolute Gasteiger partial charge is 0.461 e. The lowest BCUT2D eigenvalue weighted by molar-refractivity contribution is 0.0517. The zero-order chi connectivity index (χ0) is 23.3. The van der Waals surface area contributed by atoms with Gasteiger partial charge in [0, 0.05) is 42.7 Å². The number of fused-ring (bicyclic) bond motifs is 1. The van der Waals surface area contributed by atoms with Crippen molar-refractivity contribution in [1.29, 1.82) is 1.28 Å². The first-order valence-corrected chi connectivity index (χ1v) is 16.7. The van der Waals surface area contributed by atoms with Crippen molar-refractivity contribution in [2.75, 3.05) is 19.7 Å². The van der Waals surface area contributed by atoms with Crippen molar-refractivity contribution in [3.63, 3.8) is 0 Å². The normalized spacial score (nSPS) is 26.0. The van der Waals surface area contributed by atoms with Gasteiger partial charge in [-0.3, -0.25) is 9.48 Å². The van der Waals surface area contributed by atoms with Gasteiger partial charge in [0.15, 0.2) is 15.5 Å². The SMILES string of the molecule is [3H]P(I)SOC1CC(S(=O)(=O)C2(CN3CCc4c(C(=O)OCC)nn(C)c4C3=O)CC2)C1. The summed E-state index contributed by atoms with van der Waals surface area (Å²) in [5, 5.41) is 2.72. The number of carbonyl (C=O) groups excluding carboxylic acids is 2. The maximum Gasteiger partial charge on any atom is 0.359 e. The molecule has 31 heavy (non-hydrogen) atoms. The highest BCUT2D eigenvalue weighted by atomic mass is 127. The Labute approximate surface area is 201 Å². The number of aromatic nitrogens is 2. The van der Waals surface area contributed by atoms with E-state index in [1.54, 1.807) is 18.9 Å². The van der Waals surface area contributed by atoms with Gasteiger partial charge < -0.3 is 13.8 Å². The molecule has 9 nitrogen and oxygen atoms in total. The fourth-order valence-electron chi connectivity index (χ4n) is 4.38. The van der Waals surface area contributed by atoms with Crippen molar-refractivity contribution in [2.45, 2.75) is 55.1 Å². The third-order valence-electron chi connectivity index (χ3n) is 6.32. The van der Waals surface area contributed by atoms with Crippen LogP contribution in [-0.2, 0) is 32.2 Å². The van der Waals surface area contributed by atoms with Gasteiger partial charge in [-0.1, -0.05) is 0 Å². The summed E-state index contributed by atoms with van der Waals surface area (Å²) < 4.78 is 45.3. The van der Waals surface area contributed by atoms with Crippen LogP contribution < -0.4 is 0 Å². The van der Waals surface area contributed by atoms with E-state index >= 15 is 0 Å². The minimum atomic E-state index is -3.41. The van der Waals surface area contributed by atoms with E-state index in [1.165, 1.54) is 4.68 Å². The van der Waals surface area contributed by atoms with Gasteiger partial charge in [0.05, 0.1) is 24.0 Å². The molecule has 0 aromatic carbocycles. The summed E-state index contributed by atoms with van der Waals surface area (Å²) in [6.45, 7) is 2.44. The first kappa shape index (κ1) is 22.4. The third kappa shape index (κ3) is 4.27. The monoisotopic (exact) mass is 603 g/mol. The molecule has 0 spiro atoms. The smallest absolute Gasteiger partial charge is 0.359 e. The molecule has 1 aromatic rings. The number of sulfone groups is 1. The van der Waals surface area contributed by atoms with Crippen molar-refractivity contribution in [2.24, 2.45) is 7.05 Å². The zero-order valence-electron chi connectivity index (χ0n) is 18.2. The molecule has 0 radical (unpaired) electrons. The van der Waals surface area contributed by atoms with Crippen LogP contribution in [0.4, 0.5) is 0 Å². The van der Waals surface area contributed by atoms with E-state index in [-0.39, 0.29) is 30.9 Å². The molecule has 0 bridgehead atoms. The number of nitrogens with zero attached hydrogens (tertiary/aromatic N) is 3. The maximum absolute atomic E-state index is 13.3. The number of hydrogen-bond acceptors (Lipinski definition) is 8. The van der Waals surface area contributed by atoms with E-state index in [2.05, 4.69) is 5.10 Å². The molecule has 2 fully saturated rings. The first-order chi connectivity index (χ1) is 15.1. The van der Waals surface area contributed by atoms with Crippen LogP contribution in [-0.4, -0.2) is 72.1 Å². The van der Waals surface area contributed by atoms with Gasteiger partial charge in [-0.25, -0.2) is 13.2 Å². The van der Waals surface area contributed by atoms with E-state index < -0.39 is 31.2 Å². The molecule has 1 atom stereocenters. The van der Waals surface area contributed by atoms with Crippen LogP contribution in [0.15, 0.2) is 0 Å². The maximum atomic E-state index is 13.3. The predicted octanol–water partition coefficient (Wildman–Crippen LogP) is 2.68. The van der Waals surface area contributed by atoms with E-state index in [0.29, 0.717) is 49.9 Å². The Kier molecular flexibility index (Phi) is 6.55. The molecule has 2 aliphatic carbocycles. The zero-order valence-corrected chi connectivity index (χ0v) is 21.9. The number of esters is 1. The topological polar surface area (TPSA) is 108 Å². The van der Waals surface area contributed by atoms with E-state index in [1.807, 2.05) is 22.0 Å². The molecule has 0 N–H and O–H groups in total. The molecule has 2 heterocycles. The Morgan fingerprint density at radius 1 is 1.45 bits per heavy atom. The van der Waals surface area contributed by atoms with Crippen molar-refractivity contribution in [3.05, 3.63) is 17.0 Å². The summed E-state index contributed by atoms with van der Waals surface area (Å²) in [5.41, 5.74) is 1.06. The summed E-state index contributed by atoms with van der Waals surface area (Å²) in [7, 11) is -1.80. The highest BCUT2D eigenvalue weighted by Crippen LogP contribution is 2.51. The van der Waals surface area contributed by atoms with Crippen LogP contribution in [0.5, 0.6) is 0 Å². The highest BCUT2D eigenvalue weighted by molar-refractivity contribution is 14.2. The Morgan fingerprint density at radius 2 is 2.16 bits per heavy atom. The fraction of sp³-hybridized carbons (Fsp3) is 0.722. The molecule has 1 unspecified atom stereocenters. The van der Waals surface area contributed by atoms with E-state index in [9.17, 15) is 18.0 Å². The van der Waals surface area contributed by atoms with Gasteiger partial charge in [-0.05, 0) is 61.1 Å². The summed E-state index contributed by atoms with van der Waals surface area (Å²) >= 11 is 3.10. The minimum Gasteiger partial charge on any atom is -0.461 e. The molecule has 4 rings (SSSR count). The van der Waals surface area contributed by atoms with Crippen molar-refractivity contribution >= 4 is 60.8 Å².